The largest absolute Gasteiger partial charge is 0.304 e. The number of hydrogen-bond donors (Lipinski definition) is 0. The summed E-state index contributed by atoms with van der Waals surface area (Å²) in [4.78, 5) is 22.3. The Kier molecular flexibility index (Phi) is 3.70. The smallest absolute Gasteiger partial charge is 0.239 e. The number of anilines is 1. The molecule has 0 bridgehead atoms. The molecule has 1 aliphatic carbocycles. The fraction of sp³-hybridized carbons (Fsp3) is 0.684. The van der Waals surface area contributed by atoms with Crippen molar-refractivity contribution in [1.29, 1.82) is 0 Å². The summed E-state index contributed by atoms with van der Waals surface area (Å²) in [5, 5.41) is 0.597. The van der Waals surface area contributed by atoms with Crippen molar-refractivity contribution >= 4 is 23.2 Å². The average molecular weight is 348 g/mol. The van der Waals surface area contributed by atoms with Gasteiger partial charge >= 0.3 is 0 Å². The van der Waals surface area contributed by atoms with Crippen LogP contribution in [-0.2, 0) is 10.2 Å². The van der Waals surface area contributed by atoms with Gasteiger partial charge < -0.3 is 9.80 Å². The summed E-state index contributed by atoms with van der Waals surface area (Å²) in [6.45, 7) is 8.59. The van der Waals surface area contributed by atoms with E-state index in [9.17, 15) is 4.79 Å². The highest BCUT2D eigenvalue weighted by molar-refractivity contribution is 6.31. The molecule has 1 saturated carbocycles. The maximum absolute atomic E-state index is 13.1. The Morgan fingerprint density at radius 3 is 2.50 bits per heavy atom. The molecule has 0 N–H and O–H groups in total. The molecular formula is C19H26ClN3O. The summed E-state index contributed by atoms with van der Waals surface area (Å²) >= 11 is 6.18. The lowest BCUT2D eigenvalue weighted by atomic mass is 9.71. The number of amides is 1. The zero-order valence-electron chi connectivity index (χ0n) is 14.8. The number of aromatic nitrogens is 1. The van der Waals surface area contributed by atoms with Crippen molar-refractivity contribution < 1.29 is 4.79 Å². The molecule has 1 aromatic heterocycles. The summed E-state index contributed by atoms with van der Waals surface area (Å²) in [6.07, 6.45) is 7.72. The van der Waals surface area contributed by atoms with E-state index in [-0.39, 0.29) is 11.4 Å². The van der Waals surface area contributed by atoms with E-state index >= 15 is 0 Å². The second-order valence-corrected chi connectivity index (χ2v) is 8.88. The number of carbonyl (C=O) groups excluding carboxylic acids is 1. The maximum atomic E-state index is 13.1. The molecule has 24 heavy (non-hydrogen) atoms. The standard InChI is InChI=1S/C19H26ClN3O/c1-18(2)16-15(9-13(20)12-21-16)23(17(18)24)19(3)10-14(11-19)22-7-5-4-6-8-22/h9,12,14H,4-8,10-11H2,1-3H3/t14-,19+. The van der Waals surface area contributed by atoms with Crippen LogP contribution in [0.2, 0.25) is 5.02 Å². The minimum atomic E-state index is -0.570. The molecule has 4 nitrogen and oxygen atoms in total. The molecule has 3 heterocycles. The SMILES string of the molecule is CC1(C)C(=O)N([C@]2(C)C[C@H](N3CCCCC3)C2)c2cc(Cl)cnc21. The monoisotopic (exact) mass is 347 g/mol. The minimum Gasteiger partial charge on any atom is -0.304 e. The Bertz CT molecular complexity index is 675. The highest BCUT2D eigenvalue weighted by atomic mass is 35.5. The van der Waals surface area contributed by atoms with Gasteiger partial charge in [-0.1, -0.05) is 18.0 Å². The number of likely N-dealkylation sites (tertiary alicyclic amines) is 1. The molecule has 1 saturated heterocycles. The molecule has 1 aromatic rings. The zero-order chi connectivity index (χ0) is 17.1. The molecule has 3 aliphatic rings. The molecule has 0 spiro atoms. The number of rotatable bonds is 2. The normalized spacial score (nSPS) is 32.6. The molecule has 5 heteroatoms. The Hall–Kier alpha value is -1.13. The molecule has 130 valence electrons. The van der Waals surface area contributed by atoms with Crippen molar-refractivity contribution in [2.24, 2.45) is 0 Å². The first-order chi connectivity index (χ1) is 11.3. The van der Waals surface area contributed by atoms with E-state index in [4.69, 9.17) is 11.6 Å². The van der Waals surface area contributed by atoms with Crippen LogP contribution in [-0.4, -0.2) is 40.5 Å². The number of carbonyl (C=O) groups is 1. The van der Waals surface area contributed by atoms with Crippen LogP contribution >= 0.6 is 11.6 Å². The number of piperidine rings is 1. The first-order valence-corrected chi connectivity index (χ1v) is 9.45. The quantitative estimate of drug-likeness (QED) is 0.817. The minimum absolute atomic E-state index is 0.117. The van der Waals surface area contributed by atoms with Crippen LogP contribution in [0.15, 0.2) is 12.3 Å². The van der Waals surface area contributed by atoms with E-state index in [2.05, 4.69) is 16.8 Å². The van der Waals surface area contributed by atoms with Gasteiger partial charge in [0.15, 0.2) is 0 Å². The Balaban J connectivity index is 1.61. The van der Waals surface area contributed by atoms with E-state index in [1.165, 1.54) is 32.4 Å². The number of pyridine rings is 1. The van der Waals surface area contributed by atoms with E-state index in [0.29, 0.717) is 11.1 Å². The van der Waals surface area contributed by atoms with Crippen LogP contribution in [0.3, 0.4) is 0 Å². The van der Waals surface area contributed by atoms with E-state index < -0.39 is 5.41 Å². The first-order valence-electron chi connectivity index (χ1n) is 9.08. The van der Waals surface area contributed by atoms with Gasteiger partial charge in [-0.15, -0.1) is 0 Å². The first kappa shape index (κ1) is 16.3. The lowest BCUT2D eigenvalue weighted by Gasteiger charge is -2.55. The second-order valence-electron chi connectivity index (χ2n) is 8.44. The van der Waals surface area contributed by atoms with Crippen LogP contribution in [0, 0.1) is 0 Å². The van der Waals surface area contributed by atoms with Crippen molar-refractivity contribution in [2.75, 3.05) is 18.0 Å². The zero-order valence-corrected chi connectivity index (χ0v) is 15.6. The third-order valence-corrected chi connectivity index (χ3v) is 6.41. The predicted molar refractivity (Wildman–Crippen MR) is 96.6 cm³/mol. The molecule has 2 aliphatic heterocycles. The summed E-state index contributed by atoms with van der Waals surface area (Å²) in [5.74, 6) is 0.159. The Morgan fingerprint density at radius 2 is 1.83 bits per heavy atom. The van der Waals surface area contributed by atoms with E-state index in [0.717, 1.165) is 24.2 Å². The number of nitrogens with zero attached hydrogens (tertiary/aromatic N) is 3. The van der Waals surface area contributed by atoms with Crippen LogP contribution in [0.25, 0.3) is 0 Å². The average Bonchev–Trinajstić information content (AvgIpc) is 2.72. The molecule has 4 rings (SSSR count). The van der Waals surface area contributed by atoms with Gasteiger partial charge in [0.05, 0.1) is 21.8 Å². The summed E-state index contributed by atoms with van der Waals surface area (Å²) in [7, 11) is 0. The van der Waals surface area contributed by atoms with Crippen LogP contribution in [0.5, 0.6) is 0 Å². The third kappa shape index (κ3) is 2.30. The van der Waals surface area contributed by atoms with Gasteiger partial charge in [-0.2, -0.15) is 0 Å². The second kappa shape index (κ2) is 5.43. The maximum Gasteiger partial charge on any atom is 0.239 e. The lowest BCUT2D eigenvalue weighted by molar-refractivity contribution is -0.124. The Labute approximate surface area is 149 Å². The molecular weight excluding hydrogens is 322 g/mol. The molecule has 0 unspecified atom stereocenters. The van der Waals surface area contributed by atoms with Gasteiger partial charge in [-0.25, -0.2) is 0 Å². The highest BCUT2D eigenvalue weighted by Crippen LogP contribution is 2.51. The molecule has 0 radical (unpaired) electrons. The van der Waals surface area contributed by atoms with Gasteiger partial charge in [0.2, 0.25) is 5.91 Å². The van der Waals surface area contributed by atoms with Crippen molar-refractivity contribution in [2.45, 2.75) is 69.9 Å². The lowest BCUT2D eigenvalue weighted by Crippen LogP contribution is -2.64. The van der Waals surface area contributed by atoms with Crippen molar-refractivity contribution in [1.82, 2.24) is 9.88 Å². The fourth-order valence-corrected chi connectivity index (χ4v) is 4.94. The predicted octanol–water partition coefficient (Wildman–Crippen LogP) is 3.77. The van der Waals surface area contributed by atoms with Gasteiger partial charge in [-0.3, -0.25) is 9.78 Å². The van der Waals surface area contributed by atoms with Crippen LogP contribution < -0.4 is 4.90 Å². The summed E-state index contributed by atoms with van der Waals surface area (Å²) in [5.41, 5.74) is 1.09. The Morgan fingerprint density at radius 1 is 1.17 bits per heavy atom. The van der Waals surface area contributed by atoms with E-state index in [1.807, 2.05) is 24.8 Å². The number of fused-ring (bicyclic) bond motifs is 1. The van der Waals surface area contributed by atoms with Crippen LogP contribution in [0.1, 0.15) is 58.6 Å². The van der Waals surface area contributed by atoms with Gasteiger partial charge in [0.1, 0.15) is 0 Å². The van der Waals surface area contributed by atoms with Crippen LogP contribution in [0.4, 0.5) is 5.69 Å². The molecule has 0 aromatic carbocycles. The van der Waals surface area contributed by atoms with Gasteiger partial charge in [-0.05, 0) is 65.6 Å². The van der Waals surface area contributed by atoms with Crippen molar-refractivity contribution in [3.8, 4) is 0 Å². The topological polar surface area (TPSA) is 36.4 Å². The number of halogens is 1. The fourth-order valence-electron chi connectivity index (χ4n) is 4.79. The third-order valence-electron chi connectivity index (χ3n) is 6.20. The molecule has 2 fully saturated rings. The van der Waals surface area contributed by atoms with Gasteiger partial charge in [0, 0.05) is 17.8 Å². The highest BCUT2D eigenvalue weighted by Gasteiger charge is 2.56. The number of hydrogen-bond acceptors (Lipinski definition) is 3. The van der Waals surface area contributed by atoms with Gasteiger partial charge in [0.25, 0.3) is 0 Å². The summed E-state index contributed by atoms with van der Waals surface area (Å²) in [6, 6.07) is 2.53. The summed E-state index contributed by atoms with van der Waals surface area (Å²) < 4.78 is 0. The van der Waals surface area contributed by atoms with Crippen molar-refractivity contribution in [3.63, 3.8) is 0 Å². The van der Waals surface area contributed by atoms with Crippen molar-refractivity contribution in [3.05, 3.63) is 23.0 Å². The molecule has 0 atom stereocenters. The van der Waals surface area contributed by atoms with E-state index in [1.54, 1.807) is 6.20 Å². The molecule has 1 amide bonds.